The fourth-order valence-electron chi connectivity index (χ4n) is 6.15. The third kappa shape index (κ3) is 7.99. The van der Waals surface area contributed by atoms with E-state index >= 15 is 0 Å². The van der Waals surface area contributed by atoms with E-state index in [2.05, 4.69) is 25.0 Å². The maximum atomic E-state index is 14.2. The smallest absolute Gasteiger partial charge is 0.337 e. The Bertz CT molecular complexity index is 1760. The molecule has 0 spiro atoms. The van der Waals surface area contributed by atoms with Gasteiger partial charge in [0.15, 0.2) is 11.8 Å². The number of hydrogen-bond acceptors (Lipinski definition) is 7. The summed E-state index contributed by atoms with van der Waals surface area (Å²) < 4.78 is 22.1. The zero-order valence-corrected chi connectivity index (χ0v) is 29.0. The molecule has 1 fully saturated rings. The molecule has 1 saturated heterocycles. The molecule has 1 aliphatic rings. The Morgan fingerprint density at radius 3 is 2.60 bits per heavy atom. The molecule has 4 aromatic rings. The lowest BCUT2D eigenvalue weighted by Crippen LogP contribution is -2.40. The second kappa shape index (κ2) is 14.1. The average molecular weight is 660 g/mol. The van der Waals surface area contributed by atoms with Crippen LogP contribution in [0.25, 0.3) is 16.3 Å². The van der Waals surface area contributed by atoms with Crippen molar-refractivity contribution in [1.29, 1.82) is 0 Å². The third-order valence-corrected chi connectivity index (χ3v) is 9.89. The molecule has 47 heavy (non-hydrogen) atoms. The molecule has 0 radical (unpaired) electrons. The second-order valence-corrected chi connectivity index (χ2v) is 14.9. The molecule has 1 atom stereocenters. The van der Waals surface area contributed by atoms with Crippen LogP contribution >= 0.6 is 11.3 Å². The highest BCUT2D eigenvalue weighted by atomic mass is 32.1. The first-order valence-electron chi connectivity index (χ1n) is 16.3. The van der Waals surface area contributed by atoms with Crippen molar-refractivity contribution in [2.75, 3.05) is 18.0 Å². The Morgan fingerprint density at radius 2 is 1.94 bits per heavy atom. The number of carboxylic acid groups (broad SMARTS) is 1. The number of benzene rings is 1. The Labute approximate surface area is 281 Å². The van der Waals surface area contributed by atoms with Crippen molar-refractivity contribution in [3.8, 4) is 10.7 Å². The number of fused-ring (bicyclic) bond motifs is 1. The van der Waals surface area contributed by atoms with Crippen molar-refractivity contribution in [1.82, 2.24) is 19.6 Å². The SMILES string of the molecule is C=CCCCCc1cc(F)ccc1Cc1cnc(-c2cc3nc(C)c(C(OC(C)(C)C)C(=O)O)c(N4CCC(C)(C=C)CC4)n3n2)s1. The molecule has 250 valence electrons. The fraction of sp³-hybridized carbons (Fsp3) is 0.459. The molecule has 0 amide bonds. The molecule has 1 unspecified atom stereocenters. The molecule has 0 bridgehead atoms. The minimum Gasteiger partial charge on any atom is -0.479 e. The zero-order valence-electron chi connectivity index (χ0n) is 28.2. The first kappa shape index (κ1) is 34.4. The fourth-order valence-corrected chi connectivity index (χ4v) is 7.04. The number of anilines is 1. The molecule has 1 aliphatic heterocycles. The van der Waals surface area contributed by atoms with Crippen molar-refractivity contribution in [3.05, 3.63) is 88.9 Å². The Kier molecular flexibility index (Phi) is 10.3. The molecular formula is C37H46FN5O3S. The van der Waals surface area contributed by atoms with E-state index in [4.69, 9.17) is 19.8 Å². The van der Waals surface area contributed by atoms with Gasteiger partial charge < -0.3 is 14.7 Å². The number of piperidine rings is 1. The highest BCUT2D eigenvalue weighted by molar-refractivity contribution is 7.15. The number of ether oxygens (including phenoxy) is 1. The number of aryl methyl sites for hydroxylation is 2. The van der Waals surface area contributed by atoms with Crippen LogP contribution in [0, 0.1) is 18.2 Å². The van der Waals surface area contributed by atoms with E-state index in [1.807, 2.05) is 58.2 Å². The number of carbonyl (C=O) groups is 1. The first-order valence-corrected chi connectivity index (χ1v) is 17.1. The van der Waals surface area contributed by atoms with Gasteiger partial charge in [0, 0.05) is 42.3 Å². The number of carboxylic acids is 1. The van der Waals surface area contributed by atoms with Gasteiger partial charge in [-0.1, -0.05) is 25.1 Å². The lowest BCUT2D eigenvalue weighted by molar-refractivity contribution is -0.160. The topological polar surface area (TPSA) is 92.8 Å². The van der Waals surface area contributed by atoms with Gasteiger partial charge >= 0.3 is 5.97 Å². The Hall–Kier alpha value is -3.89. The van der Waals surface area contributed by atoms with Crippen LogP contribution in [0.4, 0.5) is 10.2 Å². The summed E-state index contributed by atoms with van der Waals surface area (Å²) in [5.41, 5.74) is 3.79. The summed E-state index contributed by atoms with van der Waals surface area (Å²) in [6.45, 7) is 18.9. The van der Waals surface area contributed by atoms with E-state index in [1.165, 1.54) is 6.07 Å². The normalized spacial score (nSPS) is 15.6. The van der Waals surface area contributed by atoms with Gasteiger partial charge in [-0.15, -0.1) is 24.5 Å². The lowest BCUT2D eigenvalue weighted by Gasteiger charge is -2.40. The van der Waals surface area contributed by atoms with Crippen LogP contribution in [0.15, 0.2) is 55.8 Å². The van der Waals surface area contributed by atoms with E-state index in [0.29, 0.717) is 47.9 Å². The minimum atomic E-state index is -1.23. The summed E-state index contributed by atoms with van der Waals surface area (Å²) in [6, 6.07) is 6.94. The van der Waals surface area contributed by atoms with Crippen LogP contribution < -0.4 is 4.90 Å². The van der Waals surface area contributed by atoms with Gasteiger partial charge in [-0.05, 0) is 94.9 Å². The van der Waals surface area contributed by atoms with Crippen LogP contribution in [-0.4, -0.2) is 49.3 Å². The monoisotopic (exact) mass is 659 g/mol. The summed E-state index contributed by atoms with van der Waals surface area (Å²) in [5.74, 6) is -0.608. The van der Waals surface area contributed by atoms with Gasteiger partial charge in [-0.2, -0.15) is 9.61 Å². The molecule has 4 heterocycles. The molecule has 5 rings (SSSR count). The van der Waals surface area contributed by atoms with Crippen LogP contribution in [0.1, 0.15) is 93.2 Å². The van der Waals surface area contributed by atoms with E-state index in [9.17, 15) is 14.3 Å². The lowest BCUT2D eigenvalue weighted by atomic mass is 9.80. The predicted octanol–water partition coefficient (Wildman–Crippen LogP) is 8.52. The van der Waals surface area contributed by atoms with Gasteiger partial charge in [0.1, 0.15) is 22.3 Å². The van der Waals surface area contributed by atoms with Crippen molar-refractivity contribution >= 4 is 28.8 Å². The second-order valence-electron chi connectivity index (χ2n) is 13.8. The van der Waals surface area contributed by atoms with Gasteiger partial charge in [0.2, 0.25) is 0 Å². The Morgan fingerprint density at radius 1 is 1.19 bits per heavy atom. The number of rotatable bonds is 13. The van der Waals surface area contributed by atoms with E-state index in [1.54, 1.807) is 21.9 Å². The molecule has 0 saturated carbocycles. The molecule has 0 aliphatic carbocycles. The molecule has 10 heteroatoms. The van der Waals surface area contributed by atoms with Gasteiger partial charge in [0.25, 0.3) is 0 Å². The largest absolute Gasteiger partial charge is 0.479 e. The molecular weight excluding hydrogens is 614 g/mol. The van der Waals surface area contributed by atoms with Gasteiger partial charge in [0.05, 0.1) is 11.2 Å². The summed E-state index contributed by atoms with van der Waals surface area (Å²) in [4.78, 5) is 25.5. The van der Waals surface area contributed by atoms with Crippen molar-refractivity contribution in [2.24, 2.45) is 5.41 Å². The number of aromatic nitrogens is 4. The standard InChI is InChI=1S/C37H46FN5O3S/c1-8-10-11-12-13-25-20-27(38)15-14-26(25)21-28-23-39-33(47-28)29-22-30-40-24(3)31(32(35(44)45)46-36(4,5)6)34(43(30)41-29)42-18-16-37(7,9-2)17-19-42/h8-9,14-15,20,22-23,32H,1-2,10-13,16-19,21H2,3-7H3,(H,44,45). The zero-order chi connectivity index (χ0) is 33.9. The number of halogens is 1. The van der Waals surface area contributed by atoms with Gasteiger partial charge in [-0.25, -0.2) is 19.2 Å². The summed E-state index contributed by atoms with van der Waals surface area (Å²) >= 11 is 1.55. The summed E-state index contributed by atoms with van der Waals surface area (Å²) in [7, 11) is 0. The van der Waals surface area contributed by atoms with Crippen molar-refractivity contribution < 1.29 is 19.0 Å². The minimum absolute atomic E-state index is 0.00844. The summed E-state index contributed by atoms with van der Waals surface area (Å²) in [5, 5.41) is 16.1. The number of hydrogen-bond donors (Lipinski definition) is 1. The van der Waals surface area contributed by atoms with Crippen LogP contribution in [-0.2, 0) is 22.4 Å². The molecule has 8 nitrogen and oxygen atoms in total. The number of aliphatic carboxylic acids is 1. The third-order valence-electron chi connectivity index (χ3n) is 8.87. The molecule has 3 aromatic heterocycles. The highest BCUT2D eigenvalue weighted by Crippen LogP contribution is 2.40. The maximum Gasteiger partial charge on any atom is 0.337 e. The number of allylic oxidation sites excluding steroid dienone is 2. The van der Waals surface area contributed by atoms with E-state index < -0.39 is 17.7 Å². The number of unbranched alkanes of at least 4 members (excludes halogenated alkanes) is 2. The number of nitrogens with zero attached hydrogens (tertiary/aromatic N) is 5. The highest BCUT2D eigenvalue weighted by Gasteiger charge is 2.36. The van der Waals surface area contributed by atoms with E-state index in [-0.39, 0.29) is 11.2 Å². The molecule has 1 aromatic carbocycles. The first-order chi connectivity index (χ1) is 22.3. The van der Waals surface area contributed by atoms with Crippen LogP contribution in [0.5, 0.6) is 0 Å². The quantitative estimate of drug-likeness (QED) is 0.114. The average Bonchev–Trinajstić information content (AvgIpc) is 3.66. The Balaban J connectivity index is 1.53. The maximum absolute atomic E-state index is 14.2. The van der Waals surface area contributed by atoms with E-state index in [0.717, 1.165) is 59.5 Å². The van der Waals surface area contributed by atoms with Gasteiger partial charge in [-0.3, -0.25) is 0 Å². The van der Waals surface area contributed by atoms with Crippen LogP contribution in [0.2, 0.25) is 0 Å². The summed E-state index contributed by atoms with van der Waals surface area (Å²) in [6.07, 6.45) is 10.7. The van der Waals surface area contributed by atoms with Crippen LogP contribution in [0.3, 0.4) is 0 Å². The van der Waals surface area contributed by atoms with Crippen molar-refractivity contribution in [3.63, 3.8) is 0 Å². The molecule has 1 N–H and O–H groups in total. The van der Waals surface area contributed by atoms with Crippen molar-refractivity contribution in [2.45, 2.75) is 91.3 Å². The number of thiazole rings is 1. The predicted molar refractivity (Wildman–Crippen MR) is 187 cm³/mol.